The molecule has 1 aromatic rings. The van der Waals surface area contributed by atoms with Gasteiger partial charge in [0, 0.05) is 5.92 Å². The van der Waals surface area contributed by atoms with Crippen molar-refractivity contribution in [3.05, 3.63) is 34.4 Å². The number of carboxylic acids is 1. The lowest BCUT2D eigenvalue weighted by atomic mass is 9.86. The van der Waals surface area contributed by atoms with Crippen LogP contribution in [0.1, 0.15) is 34.6 Å². The largest absolute Gasteiger partial charge is 0.480 e. The van der Waals surface area contributed by atoms with Gasteiger partial charge in [-0.05, 0) is 56.0 Å². The van der Waals surface area contributed by atoms with Crippen LogP contribution < -0.4 is 5.32 Å². The first kappa shape index (κ1) is 12.1. The lowest BCUT2D eigenvalue weighted by Crippen LogP contribution is -2.34. The van der Waals surface area contributed by atoms with Gasteiger partial charge in [-0.25, -0.2) is 0 Å². The molecule has 2 atom stereocenters. The van der Waals surface area contributed by atoms with Gasteiger partial charge in [-0.3, -0.25) is 4.79 Å². The Labute approximate surface area is 102 Å². The maximum atomic E-state index is 11.2. The number of hydrogen-bond donors (Lipinski definition) is 2. The van der Waals surface area contributed by atoms with Crippen molar-refractivity contribution in [1.29, 1.82) is 0 Å². The molecule has 3 nitrogen and oxygen atoms in total. The SMILES string of the molecule is Cc1cc(C)c(C2CCNC2C(=O)O)cc1C. The van der Waals surface area contributed by atoms with Crippen molar-refractivity contribution in [3.8, 4) is 0 Å². The van der Waals surface area contributed by atoms with E-state index >= 15 is 0 Å². The van der Waals surface area contributed by atoms with Gasteiger partial charge in [0.15, 0.2) is 0 Å². The second kappa shape index (κ2) is 4.49. The molecule has 2 unspecified atom stereocenters. The highest BCUT2D eigenvalue weighted by Gasteiger charge is 2.34. The minimum atomic E-state index is -0.745. The molecular weight excluding hydrogens is 214 g/mol. The molecule has 0 aromatic heterocycles. The first-order valence-electron chi connectivity index (χ1n) is 6.04. The number of aryl methyl sites for hydroxylation is 3. The third-order valence-electron chi connectivity index (χ3n) is 3.77. The molecule has 0 amide bonds. The topological polar surface area (TPSA) is 49.3 Å². The van der Waals surface area contributed by atoms with E-state index in [1.807, 2.05) is 0 Å². The molecule has 0 radical (unpaired) electrons. The fourth-order valence-electron chi connectivity index (χ4n) is 2.68. The Morgan fingerprint density at radius 1 is 1.24 bits per heavy atom. The summed E-state index contributed by atoms with van der Waals surface area (Å²) in [6.07, 6.45) is 0.903. The van der Waals surface area contributed by atoms with E-state index in [-0.39, 0.29) is 5.92 Å². The highest BCUT2D eigenvalue weighted by molar-refractivity contribution is 5.75. The van der Waals surface area contributed by atoms with Gasteiger partial charge in [0.25, 0.3) is 0 Å². The Morgan fingerprint density at radius 3 is 2.53 bits per heavy atom. The van der Waals surface area contributed by atoms with Crippen LogP contribution in [0, 0.1) is 20.8 Å². The molecule has 0 spiro atoms. The van der Waals surface area contributed by atoms with E-state index in [2.05, 4.69) is 38.2 Å². The van der Waals surface area contributed by atoms with Gasteiger partial charge >= 0.3 is 5.97 Å². The molecule has 2 rings (SSSR count). The van der Waals surface area contributed by atoms with Crippen LogP contribution in [0.3, 0.4) is 0 Å². The smallest absolute Gasteiger partial charge is 0.321 e. The standard InChI is InChI=1S/C14H19NO2/c1-8-6-10(3)12(7-9(8)2)11-4-5-15-13(11)14(16)17/h6-7,11,13,15H,4-5H2,1-3H3,(H,16,17). The molecule has 92 valence electrons. The first-order chi connectivity index (χ1) is 8.00. The van der Waals surface area contributed by atoms with Gasteiger partial charge in [0.05, 0.1) is 0 Å². The molecule has 2 N–H and O–H groups in total. The number of nitrogens with one attached hydrogen (secondary N) is 1. The molecule has 0 bridgehead atoms. The van der Waals surface area contributed by atoms with Crippen molar-refractivity contribution >= 4 is 5.97 Å². The summed E-state index contributed by atoms with van der Waals surface area (Å²) in [4.78, 5) is 11.2. The van der Waals surface area contributed by atoms with E-state index in [0.29, 0.717) is 0 Å². The maximum Gasteiger partial charge on any atom is 0.321 e. The minimum Gasteiger partial charge on any atom is -0.480 e. The van der Waals surface area contributed by atoms with Crippen LogP contribution in [0.2, 0.25) is 0 Å². The second-order valence-electron chi connectivity index (χ2n) is 4.96. The highest BCUT2D eigenvalue weighted by atomic mass is 16.4. The normalized spacial score (nSPS) is 23.9. The molecule has 1 fully saturated rings. The fraction of sp³-hybridized carbons (Fsp3) is 0.500. The van der Waals surface area contributed by atoms with Crippen LogP contribution in [0.4, 0.5) is 0 Å². The lowest BCUT2D eigenvalue weighted by Gasteiger charge is -2.19. The van der Waals surface area contributed by atoms with Crippen LogP contribution in [0.5, 0.6) is 0 Å². The monoisotopic (exact) mass is 233 g/mol. The average Bonchev–Trinajstić information content (AvgIpc) is 2.72. The minimum absolute atomic E-state index is 0.104. The van der Waals surface area contributed by atoms with Crippen molar-refractivity contribution in [1.82, 2.24) is 5.32 Å². The van der Waals surface area contributed by atoms with Gasteiger partial charge in [-0.2, -0.15) is 0 Å². The summed E-state index contributed by atoms with van der Waals surface area (Å²) in [6, 6.07) is 3.87. The second-order valence-corrected chi connectivity index (χ2v) is 4.96. The molecule has 17 heavy (non-hydrogen) atoms. The van der Waals surface area contributed by atoms with E-state index in [1.165, 1.54) is 22.3 Å². The molecule has 1 heterocycles. The molecule has 1 saturated heterocycles. The van der Waals surface area contributed by atoms with Gasteiger partial charge in [0.2, 0.25) is 0 Å². The fourth-order valence-corrected chi connectivity index (χ4v) is 2.68. The zero-order valence-corrected chi connectivity index (χ0v) is 10.6. The Hall–Kier alpha value is -1.35. The summed E-state index contributed by atoms with van der Waals surface area (Å²) in [5.41, 5.74) is 4.89. The van der Waals surface area contributed by atoms with Crippen LogP contribution in [0.25, 0.3) is 0 Å². The molecule has 3 heteroatoms. The number of aliphatic carboxylic acids is 1. The highest BCUT2D eigenvalue weighted by Crippen LogP contribution is 2.31. The van der Waals surface area contributed by atoms with Gasteiger partial charge in [0.1, 0.15) is 6.04 Å². The average molecular weight is 233 g/mol. The Bertz CT molecular complexity index is 454. The predicted molar refractivity (Wildman–Crippen MR) is 67.4 cm³/mol. The van der Waals surface area contributed by atoms with Crippen LogP contribution in [-0.4, -0.2) is 23.7 Å². The Kier molecular flexibility index (Phi) is 3.20. The van der Waals surface area contributed by atoms with Gasteiger partial charge in [-0.1, -0.05) is 12.1 Å². The van der Waals surface area contributed by atoms with Crippen LogP contribution in [-0.2, 0) is 4.79 Å². The summed E-state index contributed by atoms with van der Waals surface area (Å²) in [5, 5.41) is 12.3. The van der Waals surface area contributed by atoms with E-state index in [4.69, 9.17) is 0 Å². The zero-order chi connectivity index (χ0) is 12.6. The van der Waals surface area contributed by atoms with Crippen molar-refractivity contribution in [2.75, 3.05) is 6.54 Å². The molecular formula is C14H19NO2. The van der Waals surface area contributed by atoms with Gasteiger partial charge < -0.3 is 10.4 Å². The van der Waals surface area contributed by atoms with Crippen LogP contribution in [0.15, 0.2) is 12.1 Å². The van der Waals surface area contributed by atoms with Gasteiger partial charge in [-0.15, -0.1) is 0 Å². The molecule has 1 aromatic carbocycles. The van der Waals surface area contributed by atoms with Crippen molar-refractivity contribution < 1.29 is 9.90 Å². The summed E-state index contributed by atoms with van der Waals surface area (Å²) in [5.74, 6) is -0.642. The zero-order valence-electron chi connectivity index (χ0n) is 10.6. The number of rotatable bonds is 2. The molecule has 0 saturated carbocycles. The predicted octanol–water partition coefficient (Wildman–Crippen LogP) is 2.14. The van der Waals surface area contributed by atoms with E-state index < -0.39 is 12.0 Å². The number of carbonyl (C=O) groups is 1. The summed E-state index contributed by atoms with van der Waals surface area (Å²) in [6.45, 7) is 7.02. The number of carboxylic acid groups (broad SMARTS) is 1. The maximum absolute atomic E-state index is 11.2. The van der Waals surface area contributed by atoms with E-state index in [1.54, 1.807) is 0 Å². The summed E-state index contributed by atoms with van der Waals surface area (Å²) < 4.78 is 0. The molecule has 1 aliphatic heterocycles. The quantitative estimate of drug-likeness (QED) is 0.822. The summed E-state index contributed by atoms with van der Waals surface area (Å²) in [7, 11) is 0. The Balaban J connectivity index is 2.40. The number of hydrogen-bond acceptors (Lipinski definition) is 2. The third-order valence-corrected chi connectivity index (χ3v) is 3.77. The Morgan fingerprint density at radius 2 is 1.88 bits per heavy atom. The van der Waals surface area contributed by atoms with Crippen molar-refractivity contribution in [2.24, 2.45) is 0 Å². The van der Waals surface area contributed by atoms with Crippen molar-refractivity contribution in [3.63, 3.8) is 0 Å². The summed E-state index contributed by atoms with van der Waals surface area (Å²) >= 11 is 0. The van der Waals surface area contributed by atoms with E-state index in [0.717, 1.165) is 13.0 Å². The third kappa shape index (κ3) is 2.20. The van der Waals surface area contributed by atoms with Crippen LogP contribution >= 0.6 is 0 Å². The van der Waals surface area contributed by atoms with E-state index in [9.17, 15) is 9.90 Å². The molecule has 1 aliphatic rings. The first-order valence-corrected chi connectivity index (χ1v) is 6.04. The number of benzene rings is 1. The molecule has 0 aliphatic carbocycles. The lowest BCUT2D eigenvalue weighted by molar-refractivity contribution is -0.139. The van der Waals surface area contributed by atoms with Crippen molar-refractivity contribution in [2.45, 2.75) is 39.2 Å².